The van der Waals surface area contributed by atoms with E-state index in [2.05, 4.69) is 20.9 Å². The lowest BCUT2D eigenvalue weighted by Crippen LogP contribution is -2.29. The lowest BCUT2D eigenvalue weighted by molar-refractivity contribution is 0.0989. The van der Waals surface area contributed by atoms with Crippen LogP contribution < -0.4 is 4.90 Å². The highest BCUT2D eigenvalue weighted by atomic mass is 79.9. The first-order valence-corrected chi connectivity index (χ1v) is 6.66. The van der Waals surface area contributed by atoms with Crippen LogP contribution in [0.2, 0.25) is 0 Å². The van der Waals surface area contributed by atoms with Gasteiger partial charge in [0.05, 0.1) is 11.3 Å². The van der Waals surface area contributed by atoms with Crippen molar-refractivity contribution in [2.75, 3.05) is 11.4 Å². The monoisotopic (exact) mass is 320 g/mol. The third-order valence-electron chi connectivity index (χ3n) is 3.16. The van der Waals surface area contributed by atoms with Crippen LogP contribution in [-0.4, -0.2) is 17.4 Å². The molecule has 0 bridgehead atoms. The molecular formula is C14H10BrFN2O. The molecule has 0 fully saturated rings. The molecule has 1 amide bonds. The highest BCUT2D eigenvalue weighted by Gasteiger charge is 2.26. The quantitative estimate of drug-likeness (QED) is 0.756. The van der Waals surface area contributed by atoms with Crippen molar-refractivity contribution in [3.63, 3.8) is 0 Å². The van der Waals surface area contributed by atoms with E-state index in [1.54, 1.807) is 23.1 Å². The number of hydrogen-bond acceptors (Lipinski definition) is 2. The second kappa shape index (κ2) is 4.74. The van der Waals surface area contributed by atoms with E-state index < -0.39 is 0 Å². The smallest absolute Gasteiger partial charge is 0.259 e. The topological polar surface area (TPSA) is 33.2 Å². The Hall–Kier alpha value is -1.75. The lowest BCUT2D eigenvalue weighted by atomic mass is 10.1. The Morgan fingerprint density at radius 1 is 1.32 bits per heavy atom. The first-order valence-electron chi connectivity index (χ1n) is 5.87. The number of rotatable bonds is 1. The van der Waals surface area contributed by atoms with Crippen LogP contribution in [0.5, 0.6) is 0 Å². The summed E-state index contributed by atoms with van der Waals surface area (Å²) < 4.78 is 14.0. The molecule has 0 N–H and O–H groups in total. The average molecular weight is 321 g/mol. The zero-order valence-electron chi connectivity index (χ0n) is 9.94. The van der Waals surface area contributed by atoms with E-state index in [4.69, 9.17) is 0 Å². The first-order chi connectivity index (χ1) is 9.15. The molecular weight excluding hydrogens is 311 g/mol. The molecule has 0 aliphatic carbocycles. The van der Waals surface area contributed by atoms with Gasteiger partial charge in [0.15, 0.2) is 0 Å². The lowest BCUT2D eigenvalue weighted by Gasteiger charge is -2.17. The SMILES string of the molecule is O=C(c1ccc(Br)nc1)N1CCc2ccc(F)cc21. The van der Waals surface area contributed by atoms with Gasteiger partial charge < -0.3 is 4.90 Å². The van der Waals surface area contributed by atoms with Crippen LogP contribution in [0.25, 0.3) is 0 Å². The number of hydrogen-bond donors (Lipinski definition) is 0. The number of anilines is 1. The van der Waals surface area contributed by atoms with Gasteiger partial charge in [-0.05, 0) is 52.2 Å². The van der Waals surface area contributed by atoms with Crippen LogP contribution in [0.1, 0.15) is 15.9 Å². The van der Waals surface area contributed by atoms with Crippen molar-refractivity contribution in [1.82, 2.24) is 4.98 Å². The maximum absolute atomic E-state index is 13.3. The van der Waals surface area contributed by atoms with Crippen molar-refractivity contribution in [2.45, 2.75) is 6.42 Å². The maximum Gasteiger partial charge on any atom is 0.259 e. The molecule has 1 aliphatic rings. The van der Waals surface area contributed by atoms with Gasteiger partial charge in [-0.3, -0.25) is 4.79 Å². The number of fused-ring (bicyclic) bond motifs is 1. The third kappa shape index (κ3) is 2.26. The van der Waals surface area contributed by atoms with Crippen LogP contribution >= 0.6 is 15.9 Å². The minimum Gasteiger partial charge on any atom is -0.308 e. The Morgan fingerprint density at radius 2 is 2.16 bits per heavy atom. The van der Waals surface area contributed by atoms with Gasteiger partial charge in [-0.1, -0.05) is 6.07 Å². The fourth-order valence-electron chi connectivity index (χ4n) is 2.22. The third-order valence-corrected chi connectivity index (χ3v) is 3.63. The van der Waals surface area contributed by atoms with Gasteiger partial charge >= 0.3 is 0 Å². The molecule has 0 spiro atoms. The van der Waals surface area contributed by atoms with E-state index in [1.165, 1.54) is 18.3 Å². The normalized spacial score (nSPS) is 13.5. The van der Waals surface area contributed by atoms with Crippen molar-refractivity contribution < 1.29 is 9.18 Å². The molecule has 1 aromatic carbocycles. The molecule has 0 atom stereocenters. The Labute approximate surface area is 118 Å². The number of aromatic nitrogens is 1. The molecule has 0 unspecified atom stereocenters. The van der Waals surface area contributed by atoms with Gasteiger partial charge in [0.2, 0.25) is 0 Å². The predicted molar refractivity (Wildman–Crippen MR) is 73.7 cm³/mol. The molecule has 2 heterocycles. The molecule has 19 heavy (non-hydrogen) atoms. The predicted octanol–water partition coefficient (Wildman–Crippen LogP) is 3.19. The summed E-state index contributed by atoms with van der Waals surface area (Å²) in [7, 11) is 0. The fraction of sp³-hybridized carbons (Fsp3) is 0.143. The summed E-state index contributed by atoms with van der Waals surface area (Å²) in [6, 6.07) is 7.99. The van der Waals surface area contributed by atoms with Crippen LogP contribution in [0.3, 0.4) is 0 Å². The van der Waals surface area contributed by atoms with Crippen molar-refractivity contribution in [1.29, 1.82) is 0 Å². The van der Waals surface area contributed by atoms with E-state index in [0.717, 1.165) is 12.0 Å². The summed E-state index contributed by atoms with van der Waals surface area (Å²) >= 11 is 3.23. The Balaban J connectivity index is 1.95. The van der Waals surface area contributed by atoms with Gasteiger partial charge in [-0.2, -0.15) is 0 Å². The van der Waals surface area contributed by atoms with E-state index in [0.29, 0.717) is 22.4 Å². The molecule has 96 valence electrons. The second-order valence-electron chi connectivity index (χ2n) is 4.35. The van der Waals surface area contributed by atoms with Crippen molar-refractivity contribution in [2.24, 2.45) is 0 Å². The van der Waals surface area contributed by atoms with Crippen LogP contribution in [-0.2, 0) is 6.42 Å². The number of nitrogens with zero attached hydrogens (tertiary/aromatic N) is 2. The van der Waals surface area contributed by atoms with Gasteiger partial charge in [0.1, 0.15) is 10.4 Å². The molecule has 3 nitrogen and oxygen atoms in total. The number of benzene rings is 1. The summed E-state index contributed by atoms with van der Waals surface area (Å²) in [5.74, 6) is -0.475. The number of carbonyl (C=O) groups excluding carboxylic acids is 1. The van der Waals surface area contributed by atoms with Crippen LogP contribution in [0.15, 0.2) is 41.1 Å². The fourth-order valence-corrected chi connectivity index (χ4v) is 2.46. The summed E-state index contributed by atoms with van der Waals surface area (Å²) in [5.41, 5.74) is 2.16. The molecule has 0 saturated carbocycles. The highest BCUT2D eigenvalue weighted by Crippen LogP contribution is 2.29. The molecule has 1 aliphatic heterocycles. The summed E-state index contributed by atoms with van der Waals surface area (Å²) in [6.45, 7) is 0.577. The average Bonchev–Trinajstić information content (AvgIpc) is 2.81. The number of carbonyl (C=O) groups is 1. The van der Waals surface area contributed by atoms with Crippen LogP contribution in [0.4, 0.5) is 10.1 Å². The largest absolute Gasteiger partial charge is 0.308 e. The highest BCUT2D eigenvalue weighted by molar-refractivity contribution is 9.10. The zero-order chi connectivity index (χ0) is 13.4. The van der Waals surface area contributed by atoms with Crippen molar-refractivity contribution in [3.05, 3.63) is 58.1 Å². The van der Waals surface area contributed by atoms with E-state index in [1.807, 2.05) is 0 Å². The van der Waals surface area contributed by atoms with Gasteiger partial charge in [0.25, 0.3) is 5.91 Å². The van der Waals surface area contributed by atoms with Gasteiger partial charge in [0, 0.05) is 12.7 Å². The molecule has 2 aromatic rings. The Morgan fingerprint density at radius 3 is 2.89 bits per heavy atom. The summed E-state index contributed by atoms with van der Waals surface area (Å²) in [5, 5.41) is 0. The molecule has 0 radical (unpaired) electrons. The molecule has 1 aromatic heterocycles. The number of halogens is 2. The summed E-state index contributed by atoms with van der Waals surface area (Å²) in [4.78, 5) is 18.0. The minimum absolute atomic E-state index is 0.149. The van der Waals surface area contributed by atoms with Gasteiger partial charge in [-0.15, -0.1) is 0 Å². The minimum atomic E-state index is -0.326. The van der Waals surface area contributed by atoms with E-state index in [-0.39, 0.29) is 11.7 Å². The van der Waals surface area contributed by atoms with E-state index >= 15 is 0 Å². The van der Waals surface area contributed by atoms with Crippen molar-refractivity contribution in [3.8, 4) is 0 Å². The zero-order valence-corrected chi connectivity index (χ0v) is 11.5. The first kappa shape index (κ1) is 12.3. The van der Waals surface area contributed by atoms with Crippen LogP contribution in [0, 0.1) is 5.82 Å². The number of amides is 1. The Bertz CT molecular complexity index is 642. The molecule has 0 saturated heterocycles. The maximum atomic E-state index is 13.3. The van der Waals surface area contributed by atoms with Gasteiger partial charge in [-0.25, -0.2) is 9.37 Å². The molecule has 5 heteroatoms. The van der Waals surface area contributed by atoms with Crippen molar-refractivity contribution >= 4 is 27.5 Å². The standard InChI is InChI=1S/C14H10BrFN2O/c15-13-4-2-10(8-17-13)14(19)18-6-5-9-1-3-11(16)7-12(9)18/h1-4,7-8H,5-6H2. The number of pyridine rings is 1. The van der Waals surface area contributed by atoms with E-state index in [9.17, 15) is 9.18 Å². The molecule has 3 rings (SSSR count). The summed E-state index contributed by atoms with van der Waals surface area (Å²) in [6.07, 6.45) is 2.27. The second-order valence-corrected chi connectivity index (χ2v) is 5.16. The Kier molecular flexibility index (Phi) is 3.06.